The Labute approximate surface area is 133 Å². The van der Waals surface area contributed by atoms with Crippen molar-refractivity contribution >= 4 is 23.4 Å². The first-order valence-electron chi connectivity index (χ1n) is 7.86. The van der Waals surface area contributed by atoms with Crippen molar-refractivity contribution in [3.8, 4) is 17.6 Å². The van der Waals surface area contributed by atoms with Gasteiger partial charge in [0.1, 0.15) is 5.75 Å². The van der Waals surface area contributed by atoms with E-state index in [1.807, 2.05) is 11.2 Å². The maximum absolute atomic E-state index is 13.8. The average molecular weight is 336 g/mol. The number of hydrogen-bond acceptors (Lipinski definition) is 3. The predicted molar refractivity (Wildman–Crippen MR) is 71.5 cm³/mol. The van der Waals surface area contributed by atoms with Crippen molar-refractivity contribution in [3.05, 3.63) is 22.7 Å². The molecule has 1 aromatic carbocycles. The number of ether oxygens (including phenoxy) is 1. The van der Waals surface area contributed by atoms with Gasteiger partial charge in [-0.1, -0.05) is 17.5 Å². The molecule has 1 heterocycles. The Hall–Kier alpha value is -2.07. The summed E-state index contributed by atoms with van der Waals surface area (Å²) in [6.45, 7) is 0. The van der Waals surface area contributed by atoms with Gasteiger partial charge >= 0.3 is 12.3 Å². The highest BCUT2D eigenvalue weighted by atomic mass is 35.5. The van der Waals surface area contributed by atoms with Crippen LogP contribution in [-0.4, -0.2) is 17.4 Å². The molecule has 1 aliphatic heterocycles. The minimum absolute atomic E-state index is 0.284. The maximum atomic E-state index is 13.8. The fourth-order valence-electron chi connectivity index (χ4n) is 1.99. The summed E-state index contributed by atoms with van der Waals surface area (Å²) in [7, 11) is 0. The van der Waals surface area contributed by atoms with Gasteiger partial charge in [-0.3, -0.25) is 5.32 Å². The summed E-state index contributed by atoms with van der Waals surface area (Å²) in [5.74, 6) is 1.21. The van der Waals surface area contributed by atoms with Gasteiger partial charge in [-0.15, -0.1) is 0 Å². The van der Waals surface area contributed by atoms with Gasteiger partial charge in [-0.2, -0.15) is 13.2 Å². The smallest absolute Gasteiger partial charge is 0.445 e. The third-order valence-corrected chi connectivity index (χ3v) is 3.23. The molecule has 0 unspecified atom stereocenters. The second-order valence-electron chi connectivity index (χ2n) is 4.53. The largest absolute Gasteiger partial charge is 0.506 e. The molecule has 0 aromatic heterocycles. The third-order valence-electron chi connectivity index (χ3n) is 3.01. The van der Waals surface area contributed by atoms with Crippen LogP contribution < -0.4 is 5.32 Å². The van der Waals surface area contributed by atoms with Crippen molar-refractivity contribution in [2.75, 3.05) is 5.32 Å². The first-order chi connectivity index (χ1) is 11.7. The second kappa shape index (κ2) is 4.71. The topological polar surface area (TPSA) is 58.6 Å². The van der Waals surface area contributed by atoms with E-state index in [9.17, 15) is 23.1 Å². The van der Waals surface area contributed by atoms with Crippen LogP contribution in [0.5, 0.6) is 5.75 Å². The maximum Gasteiger partial charge on any atom is 0.445 e. The number of rotatable bonds is 0. The Morgan fingerprint density at radius 3 is 2.77 bits per heavy atom. The molecule has 1 aliphatic carbocycles. The molecule has 3 rings (SSSR count). The summed E-state index contributed by atoms with van der Waals surface area (Å²) in [5.41, 5.74) is -4.93. The number of phenolic OH excluding ortho intramolecular Hbond substituents is 1. The molecule has 1 amide bonds. The summed E-state index contributed by atoms with van der Waals surface area (Å²) in [6.07, 6.45) is -11.7. The van der Waals surface area contributed by atoms with Gasteiger partial charge < -0.3 is 9.84 Å². The van der Waals surface area contributed by atoms with E-state index in [-0.39, 0.29) is 5.02 Å². The quantitative estimate of drug-likeness (QED) is 0.560. The molecular formula is C14H9ClF3NO3. The van der Waals surface area contributed by atoms with Crippen molar-refractivity contribution in [1.82, 2.24) is 0 Å². The standard InChI is InChI=1S/C14H9ClF3NO3/c15-8-5-9-11(10(20)6-8)19-12(21)22-13(9,14(16,17)18)4-3-7-1-2-7/h5-7,20H,1-2H2,(H,19,21)/t13-/m0/s1/i1D2,2D2. The van der Waals surface area contributed by atoms with E-state index >= 15 is 0 Å². The molecular weight excluding hydrogens is 323 g/mol. The minimum Gasteiger partial charge on any atom is -0.506 e. The van der Waals surface area contributed by atoms with E-state index in [1.165, 1.54) is 0 Å². The molecule has 1 aromatic rings. The van der Waals surface area contributed by atoms with E-state index in [2.05, 4.69) is 4.74 Å². The number of alkyl halides is 3. The molecule has 2 N–H and O–H groups in total. The number of fused-ring (bicyclic) bond motifs is 1. The molecule has 22 heavy (non-hydrogen) atoms. The molecule has 0 bridgehead atoms. The zero-order valence-electron chi connectivity index (χ0n) is 14.5. The molecule has 0 radical (unpaired) electrons. The van der Waals surface area contributed by atoms with Crippen LogP contribution in [0.4, 0.5) is 23.7 Å². The number of cyclic esters (lactones) is 1. The molecule has 8 heteroatoms. The number of benzene rings is 1. The Morgan fingerprint density at radius 1 is 1.50 bits per heavy atom. The lowest BCUT2D eigenvalue weighted by atomic mass is 9.90. The fraction of sp³-hybridized carbons (Fsp3) is 0.357. The minimum atomic E-state index is -5.28. The Bertz CT molecular complexity index is 867. The average Bonchev–Trinajstić information content (AvgIpc) is 2.85. The van der Waals surface area contributed by atoms with Gasteiger partial charge in [-0.05, 0) is 24.7 Å². The van der Waals surface area contributed by atoms with Crippen LogP contribution in [0.25, 0.3) is 0 Å². The number of amides is 1. The number of phenols is 1. The number of hydrogen-bond donors (Lipinski definition) is 2. The first-order valence-corrected chi connectivity index (χ1v) is 6.24. The van der Waals surface area contributed by atoms with Gasteiger partial charge in [0.15, 0.2) is 0 Å². The van der Waals surface area contributed by atoms with Crippen LogP contribution in [-0.2, 0) is 10.3 Å². The van der Waals surface area contributed by atoms with Crippen LogP contribution in [0.15, 0.2) is 12.1 Å². The van der Waals surface area contributed by atoms with Crippen molar-refractivity contribution in [2.45, 2.75) is 24.5 Å². The SMILES string of the molecule is [2H]C1([2H])C(C#C[C@]2(C(F)(F)F)OC(=O)Nc3c(O)cc(Cl)cc32)C1([2H])[2H]. The highest BCUT2D eigenvalue weighted by molar-refractivity contribution is 6.31. The van der Waals surface area contributed by atoms with Crippen molar-refractivity contribution < 1.29 is 33.3 Å². The lowest BCUT2D eigenvalue weighted by Gasteiger charge is -2.36. The number of anilines is 1. The van der Waals surface area contributed by atoms with Crippen molar-refractivity contribution in [3.63, 3.8) is 0 Å². The molecule has 1 saturated carbocycles. The van der Waals surface area contributed by atoms with Crippen LogP contribution in [0, 0.1) is 17.8 Å². The van der Waals surface area contributed by atoms with E-state index in [0.717, 1.165) is 12.1 Å². The number of nitrogens with one attached hydrogen (secondary N) is 1. The summed E-state index contributed by atoms with van der Waals surface area (Å²) in [4.78, 5) is 11.6. The lowest BCUT2D eigenvalue weighted by molar-refractivity contribution is -0.239. The Balaban J connectivity index is 2.23. The molecule has 0 saturated heterocycles. The van der Waals surface area contributed by atoms with E-state index in [4.69, 9.17) is 17.1 Å². The summed E-state index contributed by atoms with van der Waals surface area (Å²) >= 11 is 5.70. The van der Waals surface area contributed by atoms with Crippen LogP contribution in [0.3, 0.4) is 0 Å². The molecule has 1 atom stereocenters. The Kier molecular flexibility index (Phi) is 2.28. The lowest BCUT2D eigenvalue weighted by Crippen LogP contribution is -2.49. The van der Waals surface area contributed by atoms with Gasteiger partial charge in [-0.25, -0.2) is 4.79 Å². The number of carbonyl (C=O) groups excluding carboxylic acids is 1. The predicted octanol–water partition coefficient (Wildman–Crippen LogP) is 3.78. The van der Waals surface area contributed by atoms with Crippen LogP contribution >= 0.6 is 11.6 Å². The third kappa shape index (κ3) is 2.33. The second-order valence-corrected chi connectivity index (χ2v) is 4.97. The number of aromatic hydroxyl groups is 1. The van der Waals surface area contributed by atoms with E-state index in [0.29, 0.717) is 0 Å². The number of halogens is 4. The molecule has 4 nitrogen and oxygen atoms in total. The molecule has 116 valence electrons. The Morgan fingerprint density at radius 2 is 2.18 bits per heavy atom. The highest BCUT2D eigenvalue weighted by Crippen LogP contribution is 2.50. The van der Waals surface area contributed by atoms with Crippen molar-refractivity contribution in [1.29, 1.82) is 0 Å². The summed E-state index contributed by atoms with van der Waals surface area (Å²) < 4.78 is 75.7. The normalized spacial score (nSPS) is 31.0. The van der Waals surface area contributed by atoms with Gasteiger partial charge in [0.25, 0.3) is 5.60 Å². The summed E-state index contributed by atoms with van der Waals surface area (Å²) in [5, 5.41) is 11.5. The van der Waals surface area contributed by atoms with E-state index in [1.54, 1.807) is 5.92 Å². The van der Waals surface area contributed by atoms with E-state index < -0.39 is 53.5 Å². The van der Waals surface area contributed by atoms with Gasteiger partial charge in [0, 0.05) is 28.1 Å². The van der Waals surface area contributed by atoms with Crippen LogP contribution in [0.1, 0.15) is 23.8 Å². The zero-order valence-corrected chi connectivity index (χ0v) is 11.3. The zero-order chi connectivity index (χ0) is 19.7. The van der Waals surface area contributed by atoms with Gasteiger partial charge in [0.2, 0.25) is 0 Å². The van der Waals surface area contributed by atoms with Crippen molar-refractivity contribution in [2.24, 2.45) is 5.92 Å². The molecule has 1 fully saturated rings. The van der Waals surface area contributed by atoms with Gasteiger partial charge in [0.05, 0.1) is 5.69 Å². The molecule has 2 aliphatic rings. The van der Waals surface area contributed by atoms with Crippen LogP contribution in [0.2, 0.25) is 5.02 Å². The first kappa shape index (κ1) is 10.6. The fourth-order valence-corrected chi connectivity index (χ4v) is 2.20. The number of carbonyl (C=O) groups is 1. The molecule has 0 spiro atoms. The summed E-state index contributed by atoms with van der Waals surface area (Å²) in [6, 6.07) is 1.72. The monoisotopic (exact) mass is 335 g/mol. The highest BCUT2D eigenvalue weighted by Gasteiger charge is 2.62.